The third-order valence-corrected chi connectivity index (χ3v) is 5.03. The topological polar surface area (TPSA) is 28.4 Å². The maximum atomic E-state index is 14.0. The molecule has 0 saturated heterocycles. The summed E-state index contributed by atoms with van der Waals surface area (Å²) < 4.78 is 16.1. The van der Waals surface area contributed by atoms with E-state index in [-0.39, 0.29) is 12.4 Å². The van der Waals surface area contributed by atoms with Crippen molar-refractivity contribution in [2.75, 3.05) is 13.2 Å². The van der Waals surface area contributed by atoms with E-state index in [1.807, 2.05) is 37.4 Å². The fraction of sp³-hybridized carbons (Fsp3) is 0.455. The molecule has 0 bridgehead atoms. The van der Waals surface area contributed by atoms with Crippen LogP contribution in [0.1, 0.15) is 38.4 Å². The molecule has 2 aromatic rings. The van der Waals surface area contributed by atoms with Crippen molar-refractivity contribution < 1.29 is 9.50 Å². The smallest absolute Gasteiger partial charge is 0.128 e. The second-order valence-electron chi connectivity index (χ2n) is 7.54. The molecule has 0 aliphatic carbocycles. The van der Waals surface area contributed by atoms with E-state index in [1.54, 1.807) is 6.07 Å². The van der Waals surface area contributed by atoms with Gasteiger partial charge in [0.15, 0.2) is 0 Å². The lowest BCUT2D eigenvalue weighted by molar-refractivity contribution is 0.0667. The summed E-state index contributed by atoms with van der Waals surface area (Å²) in [6, 6.07) is 10.9. The summed E-state index contributed by atoms with van der Waals surface area (Å²) in [7, 11) is 0. The van der Waals surface area contributed by atoms with Crippen LogP contribution in [0.3, 0.4) is 0 Å². The Morgan fingerprint density at radius 2 is 2.00 bits per heavy atom. The van der Waals surface area contributed by atoms with Gasteiger partial charge in [0, 0.05) is 24.0 Å². The SMILES string of the molecule is C=C[C@@](C)(CO)N(CCC(C)C)Cc1cccn1Cc1ccccc1F. The van der Waals surface area contributed by atoms with Crippen molar-refractivity contribution in [1.29, 1.82) is 0 Å². The van der Waals surface area contributed by atoms with E-state index < -0.39 is 5.54 Å². The second-order valence-corrected chi connectivity index (χ2v) is 7.54. The van der Waals surface area contributed by atoms with E-state index in [4.69, 9.17) is 0 Å². The van der Waals surface area contributed by atoms with E-state index in [0.717, 1.165) is 18.7 Å². The van der Waals surface area contributed by atoms with Gasteiger partial charge >= 0.3 is 0 Å². The first-order chi connectivity index (χ1) is 12.4. The summed E-state index contributed by atoms with van der Waals surface area (Å²) in [4.78, 5) is 2.26. The van der Waals surface area contributed by atoms with Crippen molar-refractivity contribution in [1.82, 2.24) is 9.47 Å². The molecule has 26 heavy (non-hydrogen) atoms. The highest BCUT2D eigenvalue weighted by Gasteiger charge is 2.28. The number of hydrogen-bond acceptors (Lipinski definition) is 2. The largest absolute Gasteiger partial charge is 0.394 e. The summed E-state index contributed by atoms with van der Waals surface area (Å²) in [5.41, 5.74) is 1.29. The molecule has 1 atom stereocenters. The first-order valence-corrected chi connectivity index (χ1v) is 9.26. The van der Waals surface area contributed by atoms with Crippen LogP contribution < -0.4 is 0 Å². The highest BCUT2D eigenvalue weighted by atomic mass is 19.1. The molecule has 0 fully saturated rings. The molecular weight excluding hydrogens is 327 g/mol. The number of rotatable bonds is 10. The third kappa shape index (κ3) is 5.05. The van der Waals surface area contributed by atoms with Crippen LogP contribution in [0.5, 0.6) is 0 Å². The van der Waals surface area contributed by atoms with E-state index >= 15 is 0 Å². The fourth-order valence-electron chi connectivity index (χ4n) is 2.98. The number of hydrogen-bond donors (Lipinski definition) is 1. The average molecular weight is 359 g/mol. The van der Waals surface area contributed by atoms with Crippen LogP contribution in [0.2, 0.25) is 0 Å². The Balaban J connectivity index is 2.22. The van der Waals surface area contributed by atoms with Crippen LogP contribution in [0, 0.1) is 11.7 Å². The van der Waals surface area contributed by atoms with Crippen LogP contribution in [0.4, 0.5) is 4.39 Å². The van der Waals surface area contributed by atoms with Gasteiger partial charge in [-0.2, -0.15) is 0 Å². The predicted molar refractivity (Wildman–Crippen MR) is 105 cm³/mol. The Bertz CT molecular complexity index is 710. The molecule has 0 amide bonds. The van der Waals surface area contributed by atoms with Crippen molar-refractivity contribution in [3.63, 3.8) is 0 Å². The summed E-state index contributed by atoms with van der Waals surface area (Å²) in [6.07, 6.45) is 4.83. The molecule has 1 heterocycles. The van der Waals surface area contributed by atoms with E-state index in [9.17, 15) is 9.50 Å². The van der Waals surface area contributed by atoms with Crippen molar-refractivity contribution in [3.8, 4) is 0 Å². The van der Waals surface area contributed by atoms with Crippen LogP contribution in [0.15, 0.2) is 55.3 Å². The Labute approximate surface area is 156 Å². The van der Waals surface area contributed by atoms with Gasteiger partial charge in [-0.15, -0.1) is 6.58 Å². The predicted octanol–water partition coefficient (Wildman–Crippen LogP) is 4.46. The summed E-state index contributed by atoms with van der Waals surface area (Å²) >= 11 is 0. The molecule has 1 aromatic heterocycles. The standard InChI is InChI=1S/C22H31FN2O/c1-5-22(4,17-26)25(14-12-18(2)3)16-20-10-8-13-24(20)15-19-9-6-7-11-21(19)23/h5-11,13,18,26H,1,12,14-17H2,2-4H3/t22-/m0/s1. The fourth-order valence-corrected chi connectivity index (χ4v) is 2.98. The Morgan fingerprint density at radius 3 is 2.62 bits per heavy atom. The molecule has 0 spiro atoms. The number of halogens is 1. The van der Waals surface area contributed by atoms with Gasteiger partial charge < -0.3 is 9.67 Å². The van der Waals surface area contributed by atoms with E-state index in [2.05, 4.69) is 36.0 Å². The summed E-state index contributed by atoms with van der Waals surface area (Å²) in [5, 5.41) is 9.92. The molecular formula is C22H31FN2O. The molecule has 0 radical (unpaired) electrons. The van der Waals surface area contributed by atoms with Crippen LogP contribution in [0.25, 0.3) is 0 Å². The van der Waals surface area contributed by atoms with Gasteiger partial charge in [-0.05, 0) is 44.0 Å². The van der Waals surface area contributed by atoms with Crippen molar-refractivity contribution in [3.05, 3.63) is 72.3 Å². The van der Waals surface area contributed by atoms with Gasteiger partial charge in [0.2, 0.25) is 0 Å². The minimum absolute atomic E-state index is 0.0165. The van der Waals surface area contributed by atoms with E-state index in [0.29, 0.717) is 24.6 Å². The molecule has 1 N–H and O–H groups in total. The van der Waals surface area contributed by atoms with Crippen LogP contribution in [-0.2, 0) is 13.1 Å². The number of aromatic nitrogens is 1. The second kappa shape index (κ2) is 9.15. The average Bonchev–Trinajstić information content (AvgIpc) is 3.06. The summed E-state index contributed by atoms with van der Waals surface area (Å²) in [6.45, 7) is 12.4. The molecule has 3 nitrogen and oxygen atoms in total. The monoisotopic (exact) mass is 358 g/mol. The zero-order valence-electron chi connectivity index (χ0n) is 16.2. The number of nitrogens with zero attached hydrogens (tertiary/aromatic N) is 2. The zero-order valence-corrected chi connectivity index (χ0v) is 16.2. The molecule has 4 heteroatoms. The molecule has 0 saturated carbocycles. The van der Waals surface area contributed by atoms with Gasteiger partial charge in [-0.1, -0.05) is 38.1 Å². The van der Waals surface area contributed by atoms with Crippen molar-refractivity contribution in [2.45, 2.75) is 45.8 Å². The lowest BCUT2D eigenvalue weighted by atomic mass is 9.99. The number of aliphatic hydroxyl groups excluding tert-OH is 1. The minimum atomic E-state index is -0.484. The summed E-state index contributed by atoms with van der Waals surface area (Å²) in [5.74, 6) is 0.394. The quantitative estimate of drug-likeness (QED) is 0.635. The number of benzene rings is 1. The molecule has 0 aliphatic heterocycles. The maximum absolute atomic E-state index is 14.0. The molecule has 1 aromatic carbocycles. The van der Waals surface area contributed by atoms with Gasteiger partial charge in [-0.25, -0.2) is 4.39 Å². The highest BCUT2D eigenvalue weighted by Crippen LogP contribution is 2.22. The van der Waals surface area contributed by atoms with Crippen LogP contribution in [-0.4, -0.2) is 33.3 Å². The first-order valence-electron chi connectivity index (χ1n) is 9.26. The van der Waals surface area contributed by atoms with Gasteiger partial charge in [0.05, 0.1) is 18.7 Å². The minimum Gasteiger partial charge on any atom is -0.394 e. The molecule has 0 aliphatic rings. The third-order valence-electron chi connectivity index (χ3n) is 5.03. The normalized spacial score (nSPS) is 14.0. The lowest BCUT2D eigenvalue weighted by Crippen LogP contribution is -2.48. The van der Waals surface area contributed by atoms with Crippen molar-refractivity contribution >= 4 is 0 Å². The maximum Gasteiger partial charge on any atom is 0.128 e. The van der Waals surface area contributed by atoms with Gasteiger partial charge in [-0.3, -0.25) is 4.90 Å². The first kappa shape index (κ1) is 20.4. The van der Waals surface area contributed by atoms with Gasteiger partial charge in [0.25, 0.3) is 0 Å². The highest BCUT2D eigenvalue weighted by molar-refractivity contribution is 5.20. The Morgan fingerprint density at radius 1 is 1.27 bits per heavy atom. The Hall–Kier alpha value is -1.91. The zero-order chi connectivity index (χ0) is 19.2. The lowest BCUT2D eigenvalue weighted by Gasteiger charge is -2.38. The molecule has 142 valence electrons. The van der Waals surface area contributed by atoms with E-state index in [1.165, 1.54) is 6.07 Å². The molecule has 0 unspecified atom stereocenters. The van der Waals surface area contributed by atoms with Gasteiger partial charge in [0.1, 0.15) is 5.82 Å². The van der Waals surface area contributed by atoms with Crippen molar-refractivity contribution in [2.24, 2.45) is 5.92 Å². The Kier molecular flexibility index (Phi) is 7.18. The molecule has 2 rings (SSSR count). The number of aliphatic hydroxyl groups is 1. The van der Waals surface area contributed by atoms with Crippen LogP contribution >= 0.6 is 0 Å².